The van der Waals surface area contributed by atoms with Gasteiger partial charge in [-0.15, -0.1) is 0 Å². The molecule has 0 fully saturated rings. The van der Waals surface area contributed by atoms with Gasteiger partial charge in [0.15, 0.2) is 11.5 Å². The highest BCUT2D eigenvalue weighted by Gasteiger charge is 2.20. The van der Waals surface area contributed by atoms with Crippen molar-refractivity contribution < 1.29 is 32.9 Å². The SMILES string of the molecule is COc1ccc(CNC(=O)N2CCOc3ccc(O)cc3C2)cc1OC(F)F. The molecule has 9 heteroatoms. The highest BCUT2D eigenvalue weighted by molar-refractivity contribution is 5.74. The van der Waals surface area contributed by atoms with Gasteiger partial charge in [-0.2, -0.15) is 8.78 Å². The predicted octanol–water partition coefficient (Wildman–Crippen LogP) is 3.11. The Morgan fingerprint density at radius 2 is 2.11 bits per heavy atom. The van der Waals surface area contributed by atoms with Crippen LogP contribution >= 0.6 is 0 Å². The standard InChI is InChI=1S/C19H20F2N2O5/c1-26-16-4-2-12(8-17(16)28-18(20)21)10-22-19(25)23-6-7-27-15-5-3-14(24)9-13(15)11-23/h2-5,8-9,18,24H,6-7,10-11H2,1H3,(H,22,25). The van der Waals surface area contributed by atoms with Gasteiger partial charge in [-0.05, 0) is 35.9 Å². The lowest BCUT2D eigenvalue weighted by molar-refractivity contribution is -0.0512. The maximum atomic E-state index is 12.5. The number of hydrogen-bond donors (Lipinski definition) is 2. The van der Waals surface area contributed by atoms with Gasteiger partial charge in [-0.1, -0.05) is 6.07 Å². The summed E-state index contributed by atoms with van der Waals surface area (Å²) in [5.74, 6) is 0.791. The Balaban J connectivity index is 1.65. The number of nitrogens with zero attached hydrogens (tertiary/aromatic N) is 1. The Morgan fingerprint density at radius 1 is 1.29 bits per heavy atom. The zero-order valence-corrected chi connectivity index (χ0v) is 15.2. The monoisotopic (exact) mass is 394 g/mol. The Kier molecular flexibility index (Phi) is 6.03. The molecule has 2 aromatic rings. The van der Waals surface area contributed by atoms with Gasteiger partial charge in [-0.3, -0.25) is 0 Å². The Morgan fingerprint density at radius 3 is 2.86 bits per heavy atom. The summed E-state index contributed by atoms with van der Waals surface area (Å²) in [7, 11) is 1.35. The minimum Gasteiger partial charge on any atom is -0.508 e. The van der Waals surface area contributed by atoms with Crippen LogP contribution in [0.4, 0.5) is 13.6 Å². The molecule has 1 heterocycles. The van der Waals surface area contributed by atoms with E-state index in [1.807, 2.05) is 0 Å². The maximum absolute atomic E-state index is 12.5. The first-order valence-corrected chi connectivity index (χ1v) is 8.55. The predicted molar refractivity (Wildman–Crippen MR) is 95.9 cm³/mol. The number of phenols is 1. The second-order valence-electron chi connectivity index (χ2n) is 6.08. The third-order valence-electron chi connectivity index (χ3n) is 4.20. The van der Waals surface area contributed by atoms with Gasteiger partial charge in [0, 0.05) is 12.1 Å². The quantitative estimate of drug-likeness (QED) is 0.815. The minimum atomic E-state index is -2.98. The molecule has 0 saturated carbocycles. The maximum Gasteiger partial charge on any atom is 0.387 e. The van der Waals surface area contributed by atoms with E-state index in [0.717, 1.165) is 0 Å². The second kappa shape index (κ2) is 8.64. The van der Waals surface area contributed by atoms with Gasteiger partial charge in [-0.25, -0.2) is 4.79 Å². The van der Waals surface area contributed by atoms with Crippen molar-refractivity contribution in [2.24, 2.45) is 0 Å². The Bertz CT molecular complexity index is 847. The summed E-state index contributed by atoms with van der Waals surface area (Å²) in [6.07, 6.45) is 0. The number of methoxy groups -OCH3 is 1. The number of benzene rings is 2. The number of carbonyl (C=O) groups excluding carboxylic acids is 1. The van der Waals surface area contributed by atoms with Gasteiger partial charge in [0.2, 0.25) is 0 Å². The van der Waals surface area contributed by atoms with Crippen LogP contribution in [-0.2, 0) is 13.1 Å². The van der Waals surface area contributed by atoms with Gasteiger partial charge >= 0.3 is 12.6 Å². The van der Waals surface area contributed by atoms with E-state index in [4.69, 9.17) is 9.47 Å². The van der Waals surface area contributed by atoms with E-state index in [-0.39, 0.29) is 36.4 Å². The molecule has 2 aromatic carbocycles. The molecule has 2 amide bonds. The lowest BCUT2D eigenvalue weighted by atomic mass is 10.2. The number of nitrogens with one attached hydrogen (secondary N) is 1. The number of carbonyl (C=O) groups is 1. The second-order valence-corrected chi connectivity index (χ2v) is 6.08. The minimum absolute atomic E-state index is 0.0920. The summed E-state index contributed by atoms with van der Waals surface area (Å²) in [5.41, 5.74) is 1.28. The molecule has 0 atom stereocenters. The van der Waals surface area contributed by atoms with Crippen molar-refractivity contribution in [2.45, 2.75) is 19.7 Å². The molecule has 28 heavy (non-hydrogen) atoms. The fourth-order valence-electron chi connectivity index (χ4n) is 2.86. The number of halogens is 2. The fourth-order valence-corrected chi connectivity index (χ4v) is 2.86. The van der Waals surface area contributed by atoms with E-state index in [0.29, 0.717) is 30.0 Å². The van der Waals surface area contributed by atoms with Crippen LogP contribution in [0.1, 0.15) is 11.1 Å². The van der Waals surface area contributed by atoms with Crippen molar-refractivity contribution in [1.82, 2.24) is 10.2 Å². The van der Waals surface area contributed by atoms with Crippen LogP contribution in [-0.4, -0.2) is 42.9 Å². The Labute approximate surface area is 160 Å². The molecule has 0 bridgehead atoms. The van der Waals surface area contributed by atoms with Crippen molar-refractivity contribution in [3.05, 3.63) is 47.5 Å². The normalized spacial score (nSPS) is 13.4. The van der Waals surface area contributed by atoms with Crippen LogP contribution in [0.3, 0.4) is 0 Å². The molecule has 1 aliphatic rings. The van der Waals surface area contributed by atoms with Gasteiger partial charge < -0.3 is 29.5 Å². The highest BCUT2D eigenvalue weighted by Crippen LogP contribution is 2.30. The molecule has 1 aliphatic heterocycles. The topological polar surface area (TPSA) is 80.3 Å². The van der Waals surface area contributed by atoms with Gasteiger partial charge in [0.25, 0.3) is 0 Å². The van der Waals surface area contributed by atoms with Crippen molar-refractivity contribution in [3.8, 4) is 23.0 Å². The third-order valence-corrected chi connectivity index (χ3v) is 4.20. The lowest BCUT2D eigenvalue weighted by Gasteiger charge is -2.20. The molecule has 7 nitrogen and oxygen atoms in total. The van der Waals surface area contributed by atoms with Gasteiger partial charge in [0.1, 0.15) is 18.1 Å². The van der Waals surface area contributed by atoms with Crippen LogP contribution in [0.5, 0.6) is 23.0 Å². The molecule has 0 aliphatic carbocycles. The summed E-state index contributed by atoms with van der Waals surface area (Å²) in [6.45, 7) is -1.90. The lowest BCUT2D eigenvalue weighted by Crippen LogP contribution is -2.40. The molecular weight excluding hydrogens is 374 g/mol. The first-order valence-electron chi connectivity index (χ1n) is 8.55. The summed E-state index contributed by atoms with van der Waals surface area (Å²) in [5, 5.41) is 12.4. The third kappa shape index (κ3) is 4.73. The number of fused-ring (bicyclic) bond motifs is 1. The van der Waals surface area contributed by atoms with Crippen molar-refractivity contribution in [3.63, 3.8) is 0 Å². The largest absolute Gasteiger partial charge is 0.508 e. The van der Waals surface area contributed by atoms with Gasteiger partial charge in [0.05, 0.1) is 20.2 Å². The van der Waals surface area contributed by atoms with Crippen LogP contribution in [0.15, 0.2) is 36.4 Å². The molecule has 0 radical (unpaired) electrons. The molecule has 0 aromatic heterocycles. The Hall–Kier alpha value is -3.23. The number of aromatic hydroxyl groups is 1. The van der Waals surface area contributed by atoms with E-state index in [1.54, 1.807) is 23.1 Å². The molecule has 150 valence electrons. The first-order chi connectivity index (χ1) is 13.5. The van der Waals surface area contributed by atoms with E-state index >= 15 is 0 Å². The number of amides is 2. The van der Waals surface area contributed by atoms with Crippen molar-refractivity contribution >= 4 is 6.03 Å². The smallest absolute Gasteiger partial charge is 0.387 e. The van der Waals surface area contributed by atoms with E-state index in [2.05, 4.69) is 10.1 Å². The van der Waals surface area contributed by atoms with Crippen LogP contribution in [0, 0.1) is 0 Å². The van der Waals surface area contributed by atoms with Crippen LogP contribution < -0.4 is 19.5 Å². The van der Waals surface area contributed by atoms with Crippen molar-refractivity contribution in [2.75, 3.05) is 20.3 Å². The average Bonchev–Trinajstić information content (AvgIpc) is 2.87. The molecule has 0 saturated heterocycles. The highest BCUT2D eigenvalue weighted by atomic mass is 19.3. The number of ether oxygens (including phenoxy) is 3. The van der Waals surface area contributed by atoms with E-state index < -0.39 is 6.61 Å². The molecular formula is C19H20F2N2O5. The zero-order chi connectivity index (χ0) is 20.1. The summed E-state index contributed by atoms with van der Waals surface area (Å²) < 4.78 is 40.1. The number of alkyl halides is 2. The molecule has 3 rings (SSSR count). The summed E-state index contributed by atoms with van der Waals surface area (Å²) >= 11 is 0. The average molecular weight is 394 g/mol. The number of phenolic OH excluding ortho intramolecular Hbond substituents is 1. The fraction of sp³-hybridized carbons (Fsp3) is 0.316. The van der Waals surface area contributed by atoms with Crippen LogP contribution in [0.2, 0.25) is 0 Å². The summed E-state index contributed by atoms with van der Waals surface area (Å²) in [4.78, 5) is 14.1. The zero-order valence-electron chi connectivity index (χ0n) is 15.2. The van der Waals surface area contributed by atoms with Crippen molar-refractivity contribution in [1.29, 1.82) is 0 Å². The molecule has 2 N–H and O–H groups in total. The number of rotatable bonds is 5. The number of urea groups is 1. The number of hydrogen-bond acceptors (Lipinski definition) is 5. The van der Waals surface area contributed by atoms with E-state index in [1.165, 1.54) is 25.3 Å². The van der Waals surface area contributed by atoms with E-state index in [9.17, 15) is 18.7 Å². The first kappa shape index (κ1) is 19.5. The van der Waals surface area contributed by atoms with Crippen LogP contribution in [0.25, 0.3) is 0 Å². The molecule has 0 unspecified atom stereocenters. The molecule has 0 spiro atoms. The summed E-state index contributed by atoms with van der Waals surface area (Å²) in [6, 6.07) is 8.94.